The van der Waals surface area contributed by atoms with Crippen LogP contribution in [-0.2, 0) is 9.59 Å². The third kappa shape index (κ3) is 3.51. The fraction of sp³-hybridized carbons (Fsp3) is 0.120. The van der Waals surface area contributed by atoms with E-state index in [0.29, 0.717) is 21.8 Å². The van der Waals surface area contributed by atoms with Crippen LogP contribution in [0.2, 0.25) is 5.02 Å². The largest absolute Gasteiger partial charge is 0.350 e. The average Bonchev–Trinajstić information content (AvgIpc) is 2.96. The molecule has 0 radical (unpaired) electrons. The third-order valence-corrected chi connectivity index (χ3v) is 5.62. The lowest BCUT2D eigenvalue weighted by Crippen LogP contribution is -2.32. The normalized spacial score (nSPS) is 13.9. The van der Waals surface area contributed by atoms with E-state index in [1.165, 1.54) is 4.90 Å². The molecule has 3 aromatic carbocycles. The Hall–Kier alpha value is -3.37. The number of anilines is 2. The van der Waals surface area contributed by atoms with Crippen molar-refractivity contribution in [3.8, 4) is 0 Å². The summed E-state index contributed by atoms with van der Waals surface area (Å²) in [5.74, 6) is -0.738. The first-order valence-corrected chi connectivity index (χ1v) is 10.0. The lowest BCUT2D eigenvalue weighted by Gasteiger charge is -2.17. The number of nitrogens with zero attached hydrogens (tertiary/aromatic N) is 1. The molecule has 3 aromatic rings. The number of amides is 2. The minimum atomic E-state index is -0.378. The molecule has 1 aliphatic heterocycles. The molecule has 1 aliphatic rings. The van der Waals surface area contributed by atoms with E-state index in [-0.39, 0.29) is 17.5 Å². The molecule has 0 aliphatic carbocycles. The molecule has 0 fully saturated rings. The SMILES string of the molecule is Cc1ccc(N2C(=O)C(Nc3ccccc3C)=C(c3ccc(Cl)cc3)C2=O)cc1C. The van der Waals surface area contributed by atoms with Crippen LogP contribution in [0, 0.1) is 20.8 Å². The van der Waals surface area contributed by atoms with Crippen LogP contribution in [-0.4, -0.2) is 11.8 Å². The lowest BCUT2D eigenvalue weighted by molar-refractivity contribution is -0.120. The summed E-state index contributed by atoms with van der Waals surface area (Å²) in [7, 11) is 0. The summed E-state index contributed by atoms with van der Waals surface area (Å²) in [6.07, 6.45) is 0. The van der Waals surface area contributed by atoms with Crippen LogP contribution in [0.15, 0.2) is 72.4 Å². The van der Waals surface area contributed by atoms with Gasteiger partial charge in [-0.05, 0) is 73.4 Å². The summed E-state index contributed by atoms with van der Waals surface area (Å²) in [5.41, 5.74) is 5.66. The van der Waals surface area contributed by atoms with Crippen molar-refractivity contribution in [3.63, 3.8) is 0 Å². The number of rotatable bonds is 4. The van der Waals surface area contributed by atoms with E-state index in [4.69, 9.17) is 11.6 Å². The second-order valence-electron chi connectivity index (χ2n) is 7.41. The molecule has 1 heterocycles. The smallest absolute Gasteiger partial charge is 0.282 e. The van der Waals surface area contributed by atoms with Gasteiger partial charge in [-0.1, -0.05) is 48.0 Å². The Kier molecular flexibility index (Phi) is 5.18. The van der Waals surface area contributed by atoms with Crippen molar-refractivity contribution < 1.29 is 9.59 Å². The molecule has 0 atom stereocenters. The van der Waals surface area contributed by atoms with Gasteiger partial charge in [-0.25, -0.2) is 4.90 Å². The Balaban J connectivity index is 1.84. The molecule has 30 heavy (non-hydrogen) atoms. The van der Waals surface area contributed by atoms with E-state index in [2.05, 4.69) is 5.32 Å². The summed E-state index contributed by atoms with van der Waals surface area (Å²) >= 11 is 6.03. The molecule has 0 spiro atoms. The maximum atomic E-state index is 13.5. The molecule has 4 nitrogen and oxygen atoms in total. The first-order valence-electron chi connectivity index (χ1n) is 9.65. The monoisotopic (exact) mass is 416 g/mol. The molecule has 0 saturated carbocycles. The average molecular weight is 417 g/mol. The molecule has 0 bridgehead atoms. The molecular weight excluding hydrogens is 396 g/mol. The minimum Gasteiger partial charge on any atom is -0.350 e. The van der Waals surface area contributed by atoms with Crippen LogP contribution in [0.4, 0.5) is 11.4 Å². The summed E-state index contributed by atoms with van der Waals surface area (Å²) in [4.78, 5) is 28.1. The van der Waals surface area contributed by atoms with Gasteiger partial charge < -0.3 is 5.32 Å². The second kappa shape index (κ2) is 7.81. The standard InChI is InChI=1S/C25H21ClN2O2/c1-15-8-13-20(14-17(15)3)28-24(29)22(18-9-11-19(26)12-10-18)23(25(28)30)27-21-7-5-4-6-16(21)2/h4-14,27H,1-3H3. The van der Waals surface area contributed by atoms with Crippen LogP contribution in [0.3, 0.4) is 0 Å². The quantitative estimate of drug-likeness (QED) is 0.558. The van der Waals surface area contributed by atoms with Crippen molar-refractivity contribution in [2.75, 3.05) is 10.2 Å². The van der Waals surface area contributed by atoms with Gasteiger partial charge in [-0.3, -0.25) is 9.59 Å². The van der Waals surface area contributed by atoms with E-state index in [0.717, 1.165) is 22.4 Å². The predicted octanol–water partition coefficient (Wildman–Crippen LogP) is 5.66. The zero-order chi connectivity index (χ0) is 21.4. The molecular formula is C25H21ClN2O2. The molecule has 5 heteroatoms. The first-order chi connectivity index (χ1) is 14.4. The summed E-state index contributed by atoms with van der Waals surface area (Å²) in [5, 5.41) is 3.78. The number of hydrogen-bond donors (Lipinski definition) is 1. The Morgan fingerprint density at radius 3 is 2.13 bits per heavy atom. The third-order valence-electron chi connectivity index (χ3n) is 5.37. The molecule has 0 saturated heterocycles. The molecule has 4 rings (SSSR count). The van der Waals surface area contributed by atoms with Crippen LogP contribution in [0.1, 0.15) is 22.3 Å². The Morgan fingerprint density at radius 2 is 1.47 bits per heavy atom. The van der Waals surface area contributed by atoms with Crippen molar-refractivity contribution in [2.24, 2.45) is 0 Å². The number of carbonyl (C=O) groups excluding carboxylic acids is 2. The van der Waals surface area contributed by atoms with Gasteiger partial charge in [-0.15, -0.1) is 0 Å². The highest BCUT2D eigenvalue weighted by Gasteiger charge is 2.40. The molecule has 150 valence electrons. The molecule has 1 N–H and O–H groups in total. The number of imide groups is 1. The van der Waals surface area contributed by atoms with Gasteiger partial charge in [-0.2, -0.15) is 0 Å². The fourth-order valence-corrected chi connectivity index (χ4v) is 3.60. The topological polar surface area (TPSA) is 49.4 Å². The van der Waals surface area contributed by atoms with Gasteiger partial charge in [0.05, 0.1) is 11.3 Å². The van der Waals surface area contributed by atoms with Crippen LogP contribution in [0.25, 0.3) is 5.57 Å². The maximum Gasteiger partial charge on any atom is 0.282 e. The molecule has 2 amide bonds. The lowest BCUT2D eigenvalue weighted by atomic mass is 10.0. The van der Waals surface area contributed by atoms with Gasteiger partial charge in [0, 0.05) is 10.7 Å². The van der Waals surface area contributed by atoms with Gasteiger partial charge in [0.15, 0.2) is 0 Å². The van der Waals surface area contributed by atoms with Gasteiger partial charge in [0.25, 0.3) is 11.8 Å². The van der Waals surface area contributed by atoms with Gasteiger partial charge in [0.1, 0.15) is 5.70 Å². The Morgan fingerprint density at radius 1 is 0.767 bits per heavy atom. The molecule has 0 aromatic heterocycles. The summed E-state index contributed by atoms with van der Waals surface area (Å²) in [6.45, 7) is 5.91. The van der Waals surface area contributed by atoms with Crippen LogP contribution >= 0.6 is 11.6 Å². The highest BCUT2D eigenvalue weighted by Crippen LogP contribution is 2.35. The first kappa shape index (κ1) is 19.9. The highest BCUT2D eigenvalue weighted by molar-refractivity contribution is 6.46. The number of aryl methyl sites for hydroxylation is 3. The number of para-hydroxylation sites is 1. The van der Waals surface area contributed by atoms with Crippen molar-refractivity contribution in [1.29, 1.82) is 0 Å². The number of carbonyl (C=O) groups is 2. The maximum absolute atomic E-state index is 13.5. The van der Waals surface area contributed by atoms with E-state index in [1.807, 2.05) is 57.2 Å². The second-order valence-corrected chi connectivity index (χ2v) is 7.85. The number of benzene rings is 3. The predicted molar refractivity (Wildman–Crippen MR) is 122 cm³/mol. The minimum absolute atomic E-state index is 0.259. The number of hydrogen-bond acceptors (Lipinski definition) is 3. The van der Waals surface area contributed by atoms with Crippen molar-refractivity contribution in [2.45, 2.75) is 20.8 Å². The fourth-order valence-electron chi connectivity index (χ4n) is 3.48. The van der Waals surface area contributed by atoms with Crippen molar-refractivity contribution in [3.05, 3.63) is 99.7 Å². The summed E-state index contributed by atoms with van der Waals surface area (Å²) in [6, 6.07) is 20.2. The summed E-state index contributed by atoms with van der Waals surface area (Å²) < 4.78 is 0. The van der Waals surface area contributed by atoms with Crippen molar-refractivity contribution in [1.82, 2.24) is 0 Å². The molecule has 0 unspecified atom stereocenters. The van der Waals surface area contributed by atoms with Crippen molar-refractivity contribution >= 4 is 40.4 Å². The van der Waals surface area contributed by atoms with E-state index >= 15 is 0 Å². The van der Waals surface area contributed by atoms with E-state index < -0.39 is 0 Å². The van der Waals surface area contributed by atoms with Gasteiger partial charge in [0.2, 0.25) is 0 Å². The van der Waals surface area contributed by atoms with Gasteiger partial charge >= 0.3 is 0 Å². The zero-order valence-electron chi connectivity index (χ0n) is 17.0. The van der Waals surface area contributed by atoms with E-state index in [1.54, 1.807) is 30.3 Å². The Labute approximate surface area is 180 Å². The number of halogens is 1. The van der Waals surface area contributed by atoms with Crippen LogP contribution in [0.5, 0.6) is 0 Å². The van der Waals surface area contributed by atoms with Crippen LogP contribution < -0.4 is 10.2 Å². The zero-order valence-corrected chi connectivity index (χ0v) is 17.7. The Bertz CT molecular complexity index is 1200. The van der Waals surface area contributed by atoms with E-state index in [9.17, 15) is 9.59 Å². The highest BCUT2D eigenvalue weighted by atomic mass is 35.5. The number of nitrogens with one attached hydrogen (secondary N) is 1.